The average molecular weight is 358 g/mol. The molecule has 6 heteroatoms. The van der Waals surface area contributed by atoms with Crippen LogP contribution in [0, 0.1) is 5.92 Å². The third kappa shape index (κ3) is 5.74. The van der Waals surface area contributed by atoms with E-state index in [0.29, 0.717) is 12.3 Å². The number of carbonyl (C=O) groups is 2. The van der Waals surface area contributed by atoms with Gasteiger partial charge in [0.2, 0.25) is 5.91 Å². The summed E-state index contributed by atoms with van der Waals surface area (Å²) in [5, 5.41) is 5.59. The van der Waals surface area contributed by atoms with Gasteiger partial charge in [0.1, 0.15) is 6.04 Å². The highest BCUT2D eigenvalue weighted by Crippen LogP contribution is 2.14. The molecule has 0 aliphatic heterocycles. The van der Waals surface area contributed by atoms with E-state index in [1.54, 1.807) is 12.1 Å². The van der Waals surface area contributed by atoms with E-state index in [1.807, 2.05) is 52.0 Å². The lowest BCUT2D eigenvalue weighted by Crippen LogP contribution is -2.47. The molecule has 0 spiro atoms. The zero-order valence-electron chi connectivity index (χ0n) is 15.6. The van der Waals surface area contributed by atoms with E-state index < -0.39 is 11.9 Å². The quantitative estimate of drug-likeness (QED) is 0.755. The molecule has 0 radical (unpaired) electrons. The highest BCUT2D eigenvalue weighted by atomic mass is 16.5. The van der Waals surface area contributed by atoms with Crippen LogP contribution in [0.25, 0.3) is 0 Å². The van der Waals surface area contributed by atoms with E-state index in [1.165, 1.54) is 6.26 Å². The van der Waals surface area contributed by atoms with Crippen molar-refractivity contribution in [2.45, 2.75) is 46.4 Å². The van der Waals surface area contributed by atoms with Crippen LogP contribution in [0.15, 0.2) is 47.1 Å². The maximum atomic E-state index is 12.6. The number of benzene rings is 1. The van der Waals surface area contributed by atoms with Crippen molar-refractivity contribution in [3.63, 3.8) is 0 Å². The Kier molecular flexibility index (Phi) is 6.97. The largest absolute Gasteiger partial charge is 0.459 e. The molecule has 2 N–H and O–H groups in total. The Labute approximate surface area is 153 Å². The molecule has 2 amide bonds. The number of carbonyl (C=O) groups excluding carboxylic acids is 2. The SMILES string of the molecule is CC(C)OCc1cccc(NC(=O)[C@@H](NC(=O)c2ccco2)C(C)C)c1. The maximum absolute atomic E-state index is 12.6. The van der Waals surface area contributed by atoms with Crippen molar-refractivity contribution in [1.82, 2.24) is 5.32 Å². The fourth-order valence-corrected chi connectivity index (χ4v) is 2.38. The lowest BCUT2D eigenvalue weighted by atomic mass is 10.0. The molecular weight excluding hydrogens is 332 g/mol. The molecule has 0 aliphatic carbocycles. The highest BCUT2D eigenvalue weighted by molar-refractivity contribution is 6.00. The molecule has 0 fully saturated rings. The fraction of sp³-hybridized carbons (Fsp3) is 0.400. The van der Waals surface area contributed by atoms with Crippen molar-refractivity contribution >= 4 is 17.5 Å². The summed E-state index contributed by atoms with van der Waals surface area (Å²) in [7, 11) is 0. The predicted octanol–water partition coefficient (Wildman–Crippen LogP) is 3.60. The van der Waals surface area contributed by atoms with E-state index in [-0.39, 0.29) is 23.7 Å². The van der Waals surface area contributed by atoms with Gasteiger partial charge in [0.05, 0.1) is 19.0 Å². The minimum absolute atomic E-state index is 0.0821. The second-order valence-corrected chi connectivity index (χ2v) is 6.72. The number of hydrogen-bond donors (Lipinski definition) is 2. The molecule has 1 aromatic carbocycles. The molecule has 6 nitrogen and oxygen atoms in total. The Morgan fingerprint density at radius 2 is 1.88 bits per heavy atom. The third-order valence-electron chi connectivity index (χ3n) is 3.76. The molecule has 2 rings (SSSR count). The summed E-state index contributed by atoms with van der Waals surface area (Å²) in [5.41, 5.74) is 1.63. The van der Waals surface area contributed by atoms with Crippen LogP contribution in [0.4, 0.5) is 5.69 Å². The van der Waals surface area contributed by atoms with E-state index in [0.717, 1.165) is 5.56 Å². The standard InChI is InChI=1S/C20H26N2O4/c1-13(2)18(22-19(23)17-9-6-10-25-17)20(24)21-16-8-5-7-15(11-16)12-26-14(3)4/h5-11,13-14,18H,12H2,1-4H3,(H,21,24)(H,22,23)/t18-/m0/s1. The van der Waals surface area contributed by atoms with Gasteiger partial charge in [-0.25, -0.2) is 0 Å². The van der Waals surface area contributed by atoms with Crippen molar-refractivity contribution in [1.29, 1.82) is 0 Å². The van der Waals surface area contributed by atoms with E-state index in [9.17, 15) is 9.59 Å². The van der Waals surface area contributed by atoms with Crippen LogP contribution in [0.2, 0.25) is 0 Å². The van der Waals surface area contributed by atoms with E-state index in [2.05, 4.69) is 10.6 Å². The first-order chi connectivity index (χ1) is 12.4. The highest BCUT2D eigenvalue weighted by Gasteiger charge is 2.25. The van der Waals surface area contributed by atoms with Crippen LogP contribution >= 0.6 is 0 Å². The summed E-state index contributed by atoms with van der Waals surface area (Å²) in [4.78, 5) is 24.8. The fourth-order valence-electron chi connectivity index (χ4n) is 2.38. The predicted molar refractivity (Wildman–Crippen MR) is 99.8 cm³/mol. The second-order valence-electron chi connectivity index (χ2n) is 6.72. The molecule has 0 saturated heterocycles. The van der Waals surface area contributed by atoms with Crippen LogP contribution in [0.3, 0.4) is 0 Å². The lowest BCUT2D eigenvalue weighted by molar-refractivity contribution is -0.118. The number of rotatable bonds is 8. The number of ether oxygens (including phenoxy) is 1. The van der Waals surface area contributed by atoms with E-state index in [4.69, 9.17) is 9.15 Å². The van der Waals surface area contributed by atoms with Crippen molar-refractivity contribution < 1.29 is 18.7 Å². The number of nitrogens with one attached hydrogen (secondary N) is 2. The number of anilines is 1. The summed E-state index contributed by atoms with van der Waals surface area (Å²) < 4.78 is 10.7. The van der Waals surface area contributed by atoms with Crippen molar-refractivity contribution in [3.8, 4) is 0 Å². The van der Waals surface area contributed by atoms with Crippen molar-refractivity contribution in [2.24, 2.45) is 5.92 Å². The Morgan fingerprint density at radius 3 is 2.50 bits per heavy atom. The second kappa shape index (κ2) is 9.20. The first kappa shape index (κ1) is 19.7. The zero-order chi connectivity index (χ0) is 19.1. The van der Waals surface area contributed by atoms with Crippen LogP contribution in [-0.2, 0) is 16.1 Å². The molecule has 0 saturated carbocycles. The van der Waals surface area contributed by atoms with E-state index >= 15 is 0 Å². The first-order valence-electron chi connectivity index (χ1n) is 8.72. The Hall–Kier alpha value is -2.60. The molecule has 0 aliphatic rings. The van der Waals surface area contributed by atoms with Crippen molar-refractivity contribution in [3.05, 3.63) is 54.0 Å². The van der Waals surface area contributed by atoms with Gasteiger partial charge in [-0.15, -0.1) is 0 Å². The van der Waals surface area contributed by atoms with Gasteiger partial charge in [-0.05, 0) is 49.6 Å². The van der Waals surface area contributed by atoms with Crippen LogP contribution in [0.5, 0.6) is 0 Å². The Morgan fingerprint density at radius 1 is 1.12 bits per heavy atom. The lowest BCUT2D eigenvalue weighted by Gasteiger charge is -2.21. The Bertz CT molecular complexity index is 723. The molecule has 0 bridgehead atoms. The minimum atomic E-state index is -0.678. The summed E-state index contributed by atoms with van der Waals surface area (Å²) >= 11 is 0. The van der Waals surface area contributed by atoms with Gasteiger partial charge in [0.25, 0.3) is 5.91 Å². The summed E-state index contributed by atoms with van der Waals surface area (Å²) in [5.74, 6) is -0.595. The molecule has 1 atom stereocenters. The monoisotopic (exact) mass is 358 g/mol. The van der Waals surface area contributed by atoms with Gasteiger partial charge < -0.3 is 19.8 Å². The summed E-state index contributed by atoms with van der Waals surface area (Å²) in [6.45, 7) is 8.17. The van der Waals surface area contributed by atoms with Crippen LogP contribution in [0.1, 0.15) is 43.8 Å². The van der Waals surface area contributed by atoms with Gasteiger partial charge in [-0.2, -0.15) is 0 Å². The molecule has 2 aromatic rings. The molecular formula is C20H26N2O4. The van der Waals surface area contributed by atoms with Gasteiger partial charge in [-0.3, -0.25) is 9.59 Å². The molecule has 1 aromatic heterocycles. The zero-order valence-corrected chi connectivity index (χ0v) is 15.6. The van der Waals surface area contributed by atoms with Crippen LogP contribution < -0.4 is 10.6 Å². The molecule has 26 heavy (non-hydrogen) atoms. The topological polar surface area (TPSA) is 80.6 Å². The van der Waals surface area contributed by atoms with Crippen LogP contribution in [-0.4, -0.2) is 24.0 Å². The van der Waals surface area contributed by atoms with Crippen molar-refractivity contribution in [2.75, 3.05) is 5.32 Å². The maximum Gasteiger partial charge on any atom is 0.287 e. The Balaban J connectivity index is 2.03. The summed E-state index contributed by atoms with van der Waals surface area (Å²) in [6, 6.07) is 9.99. The van der Waals surface area contributed by atoms with Gasteiger partial charge in [0.15, 0.2) is 5.76 Å². The minimum Gasteiger partial charge on any atom is -0.459 e. The van der Waals surface area contributed by atoms with Gasteiger partial charge >= 0.3 is 0 Å². The summed E-state index contributed by atoms with van der Waals surface area (Å²) in [6.07, 6.45) is 1.56. The third-order valence-corrected chi connectivity index (χ3v) is 3.76. The van der Waals surface area contributed by atoms with Gasteiger partial charge in [-0.1, -0.05) is 26.0 Å². The molecule has 140 valence electrons. The number of amides is 2. The number of hydrogen-bond acceptors (Lipinski definition) is 4. The van der Waals surface area contributed by atoms with Gasteiger partial charge in [0, 0.05) is 5.69 Å². The number of furan rings is 1. The average Bonchev–Trinajstić information content (AvgIpc) is 3.12. The molecule has 0 unspecified atom stereocenters. The smallest absolute Gasteiger partial charge is 0.287 e. The normalized spacial score (nSPS) is 12.2. The first-order valence-corrected chi connectivity index (χ1v) is 8.72. The molecule has 1 heterocycles.